The van der Waals surface area contributed by atoms with Gasteiger partial charge in [0.2, 0.25) is 0 Å². The number of furan rings is 1. The molecule has 59 heavy (non-hydrogen) atoms. The fourth-order valence-electron chi connectivity index (χ4n) is 9.35. The zero-order valence-corrected chi connectivity index (χ0v) is 32.1. The maximum Gasteiger partial charge on any atom is 0.145 e. The summed E-state index contributed by atoms with van der Waals surface area (Å²) in [6.45, 7) is 0. The van der Waals surface area contributed by atoms with Crippen molar-refractivity contribution >= 4 is 82.4 Å². The van der Waals surface area contributed by atoms with Gasteiger partial charge in [-0.05, 0) is 105 Å². The zero-order valence-electron chi connectivity index (χ0n) is 32.1. The lowest BCUT2D eigenvalue weighted by atomic mass is 9.94. The van der Waals surface area contributed by atoms with Crippen LogP contribution in [-0.2, 0) is 0 Å². The van der Waals surface area contributed by atoms with E-state index in [1.165, 1.54) is 48.9 Å². The Morgan fingerprint density at radius 1 is 0.373 bits per heavy atom. The van der Waals surface area contributed by atoms with Crippen LogP contribution in [0.2, 0.25) is 0 Å². The van der Waals surface area contributed by atoms with Gasteiger partial charge in [-0.1, -0.05) is 152 Å². The van der Waals surface area contributed by atoms with Crippen molar-refractivity contribution in [2.45, 2.75) is 0 Å². The minimum absolute atomic E-state index is 0.861. The maximum atomic E-state index is 6.91. The number of anilines is 3. The Hall–Kier alpha value is -7.88. The Bertz CT molecular complexity index is 3520. The molecule has 2 aromatic heterocycles. The highest BCUT2D eigenvalue weighted by atomic mass is 16.3. The van der Waals surface area contributed by atoms with E-state index in [0.717, 1.165) is 61.4 Å². The van der Waals surface area contributed by atoms with Crippen LogP contribution in [0.15, 0.2) is 223 Å². The van der Waals surface area contributed by atoms with Crippen molar-refractivity contribution in [2.24, 2.45) is 0 Å². The highest BCUT2D eigenvalue weighted by molar-refractivity contribution is 6.18. The molecular weight excluding hydrogens is 717 g/mol. The van der Waals surface area contributed by atoms with Crippen LogP contribution in [0.25, 0.3) is 93.2 Å². The van der Waals surface area contributed by atoms with E-state index < -0.39 is 0 Å². The molecule has 0 bridgehead atoms. The van der Waals surface area contributed by atoms with E-state index in [0.29, 0.717) is 0 Å². The Morgan fingerprint density at radius 3 is 1.81 bits per heavy atom. The van der Waals surface area contributed by atoms with Crippen LogP contribution in [0.4, 0.5) is 17.1 Å². The molecule has 3 nitrogen and oxygen atoms in total. The molecule has 276 valence electrons. The fraction of sp³-hybridized carbons (Fsp3) is 0. The molecule has 12 aromatic rings. The van der Waals surface area contributed by atoms with Crippen molar-refractivity contribution in [2.75, 3.05) is 4.90 Å². The molecule has 0 spiro atoms. The van der Waals surface area contributed by atoms with Crippen LogP contribution in [0.3, 0.4) is 0 Å². The minimum Gasteiger partial charge on any atom is -0.455 e. The van der Waals surface area contributed by atoms with Gasteiger partial charge in [0, 0.05) is 38.8 Å². The summed E-state index contributed by atoms with van der Waals surface area (Å²) in [6.07, 6.45) is 0. The van der Waals surface area contributed by atoms with E-state index in [9.17, 15) is 0 Å². The zero-order chi connectivity index (χ0) is 38.9. The van der Waals surface area contributed by atoms with Gasteiger partial charge in [-0.25, -0.2) is 0 Å². The highest BCUT2D eigenvalue weighted by Crippen LogP contribution is 2.47. The van der Waals surface area contributed by atoms with Crippen molar-refractivity contribution in [1.29, 1.82) is 0 Å². The van der Waals surface area contributed by atoms with Crippen molar-refractivity contribution in [3.8, 4) is 27.9 Å². The first kappa shape index (κ1) is 33.3. The number of hydrogen-bond acceptors (Lipinski definition) is 2. The average molecular weight is 753 g/mol. The first-order valence-electron chi connectivity index (χ1n) is 20.2. The largest absolute Gasteiger partial charge is 0.455 e. The van der Waals surface area contributed by atoms with E-state index >= 15 is 0 Å². The van der Waals surface area contributed by atoms with E-state index in [2.05, 4.69) is 228 Å². The Kier molecular flexibility index (Phi) is 7.54. The van der Waals surface area contributed by atoms with Gasteiger partial charge in [-0.2, -0.15) is 0 Å². The third-order valence-electron chi connectivity index (χ3n) is 12.0. The van der Waals surface area contributed by atoms with Crippen molar-refractivity contribution in [3.05, 3.63) is 218 Å². The van der Waals surface area contributed by atoms with Gasteiger partial charge in [0.15, 0.2) is 0 Å². The lowest BCUT2D eigenvalue weighted by Gasteiger charge is -2.27. The fourth-order valence-corrected chi connectivity index (χ4v) is 9.35. The molecule has 0 aliphatic heterocycles. The number of nitrogens with zero attached hydrogens (tertiary/aromatic N) is 2. The molecule has 0 fully saturated rings. The molecule has 0 atom stereocenters. The van der Waals surface area contributed by atoms with Gasteiger partial charge >= 0.3 is 0 Å². The van der Waals surface area contributed by atoms with Gasteiger partial charge in [0.25, 0.3) is 0 Å². The van der Waals surface area contributed by atoms with E-state index in [-0.39, 0.29) is 0 Å². The van der Waals surface area contributed by atoms with Crippen LogP contribution >= 0.6 is 0 Å². The standard InChI is InChI=1S/C56H36N2O/c1-2-18-40(19-3-1)57(41-20-12-16-38(35-41)44-26-14-27-46-43-22-5-4-15-37(43)31-32-47(44)46)53-34-33-45(56-55(53)50-25-8-11-30-54(50)59-56)39-17-13-21-42(36-39)58-51-28-9-6-23-48(51)49-24-7-10-29-52(49)58/h1-36H. The van der Waals surface area contributed by atoms with Gasteiger partial charge in [-0.15, -0.1) is 0 Å². The second-order valence-corrected chi connectivity index (χ2v) is 15.3. The lowest BCUT2D eigenvalue weighted by molar-refractivity contribution is 0.670. The second kappa shape index (κ2) is 13.4. The van der Waals surface area contributed by atoms with E-state index in [1.54, 1.807) is 0 Å². The topological polar surface area (TPSA) is 21.3 Å². The van der Waals surface area contributed by atoms with Crippen LogP contribution in [0.5, 0.6) is 0 Å². The van der Waals surface area contributed by atoms with Crippen LogP contribution in [-0.4, -0.2) is 4.57 Å². The van der Waals surface area contributed by atoms with Crippen molar-refractivity contribution in [1.82, 2.24) is 4.57 Å². The minimum atomic E-state index is 0.861. The molecule has 0 aliphatic rings. The first-order chi connectivity index (χ1) is 29.3. The molecule has 0 aliphatic carbocycles. The summed E-state index contributed by atoms with van der Waals surface area (Å²) < 4.78 is 9.29. The van der Waals surface area contributed by atoms with Crippen molar-refractivity contribution in [3.63, 3.8) is 0 Å². The number of para-hydroxylation sites is 4. The number of benzene rings is 10. The molecule has 0 N–H and O–H groups in total. The number of fused-ring (bicyclic) bond motifs is 9. The molecule has 10 aromatic carbocycles. The summed E-state index contributed by atoms with van der Waals surface area (Å²) in [7, 11) is 0. The van der Waals surface area contributed by atoms with Crippen LogP contribution < -0.4 is 4.90 Å². The average Bonchev–Trinajstić information content (AvgIpc) is 3.86. The summed E-state index contributed by atoms with van der Waals surface area (Å²) in [5.41, 5.74) is 12.9. The first-order valence-corrected chi connectivity index (χ1v) is 20.2. The molecule has 2 heterocycles. The van der Waals surface area contributed by atoms with Gasteiger partial charge in [0.05, 0.1) is 22.1 Å². The van der Waals surface area contributed by atoms with Gasteiger partial charge in [0.1, 0.15) is 11.2 Å². The van der Waals surface area contributed by atoms with Crippen LogP contribution in [0, 0.1) is 0 Å². The van der Waals surface area contributed by atoms with Crippen LogP contribution in [0.1, 0.15) is 0 Å². The molecule has 0 unspecified atom stereocenters. The predicted octanol–water partition coefficient (Wildman–Crippen LogP) is 15.8. The maximum absolute atomic E-state index is 6.91. The predicted molar refractivity (Wildman–Crippen MR) is 249 cm³/mol. The quantitative estimate of drug-likeness (QED) is 0.158. The monoisotopic (exact) mass is 752 g/mol. The highest BCUT2D eigenvalue weighted by Gasteiger charge is 2.23. The lowest BCUT2D eigenvalue weighted by Crippen LogP contribution is -2.10. The van der Waals surface area contributed by atoms with E-state index in [1.807, 2.05) is 0 Å². The summed E-state index contributed by atoms with van der Waals surface area (Å²) in [5, 5.41) is 9.67. The summed E-state index contributed by atoms with van der Waals surface area (Å²) in [6, 6.07) is 78.6. The molecule has 3 heteroatoms. The summed E-state index contributed by atoms with van der Waals surface area (Å²) >= 11 is 0. The SMILES string of the molecule is c1ccc(N(c2cccc(-c3cccc4c3ccc3ccccc34)c2)c2ccc(-c3cccc(-n4c5ccccc5c5ccccc54)c3)c3oc4ccccc4c23)cc1. The van der Waals surface area contributed by atoms with Gasteiger partial charge < -0.3 is 13.9 Å². The number of aromatic nitrogens is 1. The normalized spacial score (nSPS) is 11.7. The number of hydrogen-bond donors (Lipinski definition) is 0. The second-order valence-electron chi connectivity index (χ2n) is 15.3. The molecule has 0 saturated carbocycles. The van der Waals surface area contributed by atoms with Crippen molar-refractivity contribution < 1.29 is 4.42 Å². The Balaban J connectivity index is 1.06. The summed E-state index contributed by atoms with van der Waals surface area (Å²) in [4.78, 5) is 2.38. The molecule has 0 saturated heterocycles. The van der Waals surface area contributed by atoms with E-state index in [4.69, 9.17) is 4.42 Å². The Morgan fingerprint density at radius 2 is 1.00 bits per heavy atom. The molecular formula is C56H36N2O. The molecule has 0 radical (unpaired) electrons. The third-order valence-corrected chi connectivity index (χ3v) is 12.0. The number of rotatable bonds is 6. The smallest absolute Gasteiger partial charge is 0.145 e. The Labute approximate surface area is 341 Å². The summed E-state index contributed by atoms with van der Waals surface area (Å²) in [5.74, 6) is 0. The third kappa shape index (κ3) is 5.29. The van der Waals surface area contributed by atoms with Gasteiger partial charge in [-0.3, -0.25) is 0 Å². The molecule has 12 rings (SSSR count). The molecule has 0 amide bonds.